The minimum absolute atomic E-state index is 0.0836. The molecule has 0 fully saturated rings. The van der Waals surface area contributed by atoms with Gasteiger partial charge in [0.1, 0.15) is 17.9 Å². The monoisotopic (exact) mass is 380 g/mol. The predicted octanol–water partition coefficient (Wildman–Crippen LogP) is 3.46. The normalized spacial score (nSPS) is 11.5. The van der Waals surface area contributed by atoms with Crippen LogP contribution in [0.3, 0.4) is 0 Å². The van der Waals surface area contributed by atoms with Crippen LogP contribution < -0.4 is 10.4 Å². The molecule has 2 aromatic rings. The van der Waals surface area contributed by atoms with E-state index in [9.17, 15) is 14.4 Å². The Bertz CT molecular complexity index is 920. The van der Waals surface area contributed by atoms with Crippen molar-refractivity contribution < 1.29 is 23.5 Å². The lowest BCUT2D eigenvalue weighted by Gasteiger charge is -2.17. The molecule has 26 heavy (non-hydrogen) atoms. The minimum Gasteiger partial charge on any atom is -0.484 e. The Labute approximate surface area is 156 Å². The van der Waals surface area contributed by atoms with Crippen molar-refractivity contribution in [2.75, 3.05) is 13.7 Å². The lowest BCUT2D eigenvalue weighted by molar-refractivity contribution is -0.139. The van der Waals surface area contributed by atoms with Crippen LogP contribution in [0.25, 0.3) is 11.0 Å². The second-order valence-electron chi connectivity index (χ2n) is 6.99. The first kappa shape index (κ1) is 20.0. The Morgan fingerprint density at radius 1 is 1.23 bits per heavy atom. The van der Waals surface area contributed by atoms with Crippen LogP contribution in [0.4, 0.5) is 0 Å². The number of halogens is 1. The van der Waals surface area contributed by atoms with Gasteiger partial charge in [-0.3, -0.25) is 9.59 Å². The van der Waals surface area contributed by atoms with Crippen LogP contribution in [0.2, 0.25) is 5.02 Å². The molecule has 6 nitrogen and oxygen atoms in total. The summed E-state index contributed by atoms with van der Waals surface area (Å²) in [7, 11) is 1.25. The van der Waals surface area contributed by atoms with E-state index in [0.29, 0.717) is 10.9 Å². The first-order valence-corrected chi connectivity index (χ1v) is 8.41. The Kier molecular flexibility index (Phi) is 5.76. The molecular weight excluding hydrogens is 360 g/mol. The van der Waals surface area contributed by atoms with E-state index in [-0.39, 0.29) is 40.7 Å². The van der Waals surface area contributed by atoms with Crippen LogP contribution in [-0.2, 0) is 20.7 Å². The van der Waals surface area contributed by atoms with E-state index in [1.54, 1.807) is 33.8 Å². The van der Waals surface area contributed by atoms with Gasteiger partial charge in [0.15, 0.2) is 5.78 Å². The van der Waals surface area contributed by atoms with Gasteiger partial charge in [0.2, 0.25) is 0 Å². The lowest BCUT2D eigenvalue weighted by atomic mass is 9.91. The van der Waals surface area contributed by atoms with Crippen LogP contribution in [0, 0.1) is 12.3 Å². The SMILES string of the molecule is COC(=O)Cc1c(C)c2cc(Cl)c(OCC(=O)C(C)(C)C)cc2oc1=O. The van der Waals surface area contributed by atoms with Crippen molar-refractivity contribution >= 4 is 34.3 Å². The van der Waals surface area contributed by atoms with E-state index in [0.717, 1.165) is 0 Å². The van der Waals surface area contributed by atoms with Crippen molar-refractivity contribution in [2.24, 2.45) is 5.41 Å². The molecule has 1 aromatic heterocycles. The Morgan fingerprint density at radius 2 is 1.88 bits per heavy atom. The van der Waals surface area contributed by atoms with Gasteiger partial charge in [-0.25, -0.2) is 4.79 Å². The summed E-state index contributed by atoms with van der Waals surface area (Å²) in [6.07, 6.45) is -0.184. The quantitative estimate of drug-likeness (QED) is 0.583. The molecule has 0 atom stereocenters. The number of esters is 1. The molecule has 0 unspecified atom stereocenters. The van der Waals surface area contributed by atoms with Crippen LogP contribution in [0.15, 0.2) is 21.3 Å². The first-order chi connectivity index (χ1) is 12.0. The van der Waals surface area contributed by atoms with Crippen molar-refractivity contribution in [1.82, 2.24) is 0 Å². The van der Waals surface area contributed by atoms with Crippen LogP contribution >= 0.6 is 11.6 Å². The highest BCUT2D eigenvalue weighted by atomic mass is 35.5. The summed E-state index contributed by atoms with van der Waals surface area (Å²) >= 11 is 6.25. The smallest absolute Gasteiger partial charge is 0.340 e. The number of ketones is 1. The number of hydrogen-bond acceptors (Lipinski definition) is 6. The molecule has 0 saturated carbocycles. The highest BCUT2D eigenvalue weighted by Crippen LogP contribution is 2.32. The zero-order valence-electron chi connectivity index (χ0n) is 15.4. The third-order valence-electron chi connectivity index (χ3n) is 4.08. The highest BCUT2D eigenvalue weighted by molar-refractivity contribution is 6.32. The van der Waals surface area contributed by atoms with E-state index >= 15 is 0 Å². The second-order valence-corrected chi connectivity index (χ2v) is 7.39. The van der Waals surface area contributed by atoms with Crippen molar-refractivity contribution in [3.8, 4) is 5.75 Å². The van der Waals surface area contributed by atoms with Crippen LogP contribution in [0.5, 0.6) is 5.75 Å². The number of benzene rings is 1. The molecule has 1 aromatic carbocycles. The average Bonchev–Trinajstić information content (AvgIpc) is 2.56. The topological polar surface area (TPSA) is 82.8 Å². The summed E-state index contributed by atoms with van der Waals surface area (Å²) in [5, 5.41) is 0.864. The number of fused-ring (bicyclic) bond motifs is 1. The molecule has 0 N–H and O–H groups in total. The van der Waals surface area contributed by atoms with Gasteiger partial charge in [-0.1, -0.05) is 32.4 Å². The third-order valence-corrected chi connectivity index (χ3v) is 4.38. The standard InChI is InChI=1S/C19H21ClO6/c1-10-11-6-13(20)15(25-9-16(21)19(2,3)4)8-14(11)26-18(23)12(10)7-17(22)24-5/h6,8H,7,9H2,1-5H3. The highest BCUT2D eigenvalue weighted by Gasteiger charge is 2.22. The number of Topliss-reactive ketones (excluding diaryl/α,β-unsaturated/α-hetero) is 1. The summed E-state index contributed by atoms with van der Waals surface area (Å²) in [6.45, 7) is 6.96. The van der Waals surface area contributed by atoms with E-state index in [4.69, 9.17) is 20.8 Å². The number of carbonyl (C=O) groups excluding carboxylic acids is 2. The van der Waals surface area contributed by atoms with Gasteiger partial charge in [0.05, 0.1) is 24.1 Å². The molecule has 0 radical (unpaired) electrons. The molecule has 0 aliphatic rings. The third kappa shape index (κ3) is 4.25. The van der Waals surface area contributed by atoms with Crippen LogP contribution in [-0.4, -0.2) is 25.5 Å². The molecule has 0 bridgehead atoms. The summed E-state index contributed by atoms with van der Waals surface area (Å²) < 4.78 is 15.4. The lowest BCUT2D eigenvalue weighted by Crippen LogP contribution is -2.26. The van der Waals surface area contributed by atoms with E-state index in [1.807, 2.05) is 0 Å². The van der Waals surface area contributed by atoms with Crippen molar-refractivity contribution in [1.29, 1.82) is 0 Å². The Hall–Kier alpha value is -2.34. The molecule has 0 aliphatic carbocycles. The van der Waals surface area contributed by atoms with Crippen molar-refractivity contribution in [2.45, 2.75) is 34.1 Å². The number of carbonyl (C=O) groups is 2. The molecule has 0 amide bonds. The number of aryl methyl sites for hydroxylation is 1. The summed E-state index contributed by atoms with van der Waals surface area (Å²) in [6, 6.07) is 3.07. The maximum Gasteiger partial charge on any atom is 0.340 e. The maximum absolute atomic E-state index is 12.2. The number of rotatable bonds is 5. The number of hydrogen-bond donors (Lipinski definition) is 0. The molecule has 2 rings (SSSR count). The van der Waals surface area contributed by atoms with Gasteiger partial charge < -0.3 is 13.9 Å². The zero-order valence-corrected chi connectivity index (χ0v) is 16.2. The largest absolute Gasteiger partial charge is 0.484 e. The molecule has 1 heterocycles. The number of methoxy groups -OCH3 is 1. The summed E-state index contributed by atoms with van der Waals surface area (Å²) in [4.78, 5) is 35.7. The van der Waals surface area contributed by atoms with Crippen molar-refractivity contribution in [3.63, 3.8) is 0 Å². The zero-order chi connectivity index (χ0) is 19.6. The fraction of sp³-hybridized carbons (Fsp3) is 0.421. The fourth-order valence-corrected chi connectivity index (χ4v) is 2.50. The second kappa shape index (κ2) is 7.50. The molecule has 140 valence electrons. The summed E-state index contributed by atoms with van der Waals surface area (Å²) in [5.74, 6) is -0.369. The van der Waals surface area contributed by atoms with Gasteiger partial charge in [-0.05, 0) is 18.6 Å². The molecular formula is C19H21ClO6. The summed E-state index contributed by atoms with van der Waals surface area (Å²) in [5.41, 5.74) is -0.0871. The number of ether oxygens (including phenoxy) is 2. The van der Waals surface area contributed by atoms with Crippen LogP contribution in [0.1, 0.15) is 31.9 Å². The first-order valence-electron chi connectivity index (χ1n) is 8.03. The molecule has 0 saturated heterocycles. The van der Waals surface area contributed by atoms with E-state index < -0.39 is 17.0 Å². The van der Waals surface area contributed by atoms with Gasteiger partial charge in [-0.2, -0.15) is 0 Å². The van der Waals surface area contributed by atoms with E-state index in [1.165, 1.54) is 13.2 Å². The van der Waals surface area contributed by atoms with Gasteiger partial charge in [-0.15, -0.1) is 0 Å². The maximum atomic E-state index is 12.2. The van der Waals surface area contributed by atoms with E-state index in [2.05, 4.69) is 4.74 Å². The van der Waals surface area contributed by atoms with Gasteiger partial charge >= 0.3 is 11.6 Å². The Morgan fingerprint density at radius 3 is 2.46 bits per heavy atom. The minimum atomic E-state index is -0.626. The molecule has 0 spiro atoms. The fourth-order valence-electron chi connectivity index (χ4n) is 2.28. The predicted molar refractivity (Wildman–Crippen MR) is 97.9 cm³/mol. The Balaban J connectivity index is 2.42. The molecule has 7 heteroatoms. The van der Waals surface area contributed by atoms with Gasteiger partial charge in [0.25, 0.3) is 0 Å². The average molecular weight is 381 g/mol. The van der Waals surface area contributed by atoms with Crippen molar-refractivity contribution in [3.05, 3.63) is 38.7 Å². The van der Waals surface area contributed by atoms with Gasteiger partial charge in [0, 0.05) is 16.9 Å². The molecule has 0 aliphatic heterocycles.